The second-order valence-corrected chi connectivity index (χ2v) is 11.6. The highest BCUT2D eigenvalue weighted by Gasteiger charge is 2.60. The van der Waals surface area contributed by atoms with Crippen molar-refractivity contribution in [1.29, 1.82) is 0 Å². The van der Waals surface area contributed by atoms with Crippen LogP contribution in [0, 0.1) is 16.7 Å². The van der Waals surface area contributed by atoms with Crippen molar-refractivity contribution in [3.8, 4) is 11.1 Å². The Bertz CT molecular complexity index is 972. The first-order chi connectivity index (χ1) is 17.5. The fourth-order valence-corrected chi connectivity index (χ4v) is 5.82. The molecule has 4 rings (SSSR count). The summed E-state index contributed by atoms with van der Waals surface area (Å²) >= 11 is 0. The van der Waals surface area contributed by atoms with Crippen molar-refractivity contribution in [2.45, 2.75) is 71.1 Å². The molecular weight excluding hydrogens is 470 g/mol. The summed E-state index contributed by atoms with van der Waals surface area (Å²) in [5, 5.41) is 37.2. The number of ether oxygens (including phenoxy) is 1. The first-order valence-electron chi connectivity index (χ1n) is 13.1. The fourth-order valence-electron chi connectivity index (χ4n) is 5.82. The molecule has 37 heavy (non-hydrogen) atoms. The van der Waals surface area contributed by atoms with E-state index in [-0.39, 0.29) is 54.7 Å². The molecule has 0 spiro atoms. The summed E-state index contributed by atoms with van der Waals surface area (Å²) in [6.45, 7) is 7.69. The summed E-state index contributed by atoms with van der Waals surface area (Å²) < 4.78 is 5.55. The third-order valence-electron chi connectivity index (χ3n) is 8.12. The van der Waals surface area contributed by atoms with Gasteiger partial charge in [-0.05, 0) is 35.1 Å². The zero-order chi connectivity index (χ0) is 27.4. The van der Waals surface area contributed by atoms with Gasteiger partial charge in [0.2, 0.25) is 0 Å². The monoisotopic (exact) mass is 513 g/mol. The van der Waals surface area contributed by atoms with Gasteiger partial charge in [-0.1, -0.05) is 82.6 Å². The first-order valence-corrected chi connectivity index (χ1v) is 13.1. The molecule has 0 radical (unpaired) electrons. The van der Waals surface area contributed by atoms with Crippen molar-refractivity contribution in [3.63, 3.8) is 0 Å². The minimum atomic E-state index is -0.685. The van der Waals surface area contributed by atoms with E-state index in [2.05, 4.69) is 24.3 Å². The highest BCUT2D eigenvalue weighted by atomic mass is 16.5. The number of aliphatic hydroxyl groups is 4. The molecule has 6 N–H and O–H groups in total. The lowest BCUT2D eigenvalue weighted by molar-refractivity contribution is -0.247. The van der Waals surface area contributed by atoms with Crippen molar-refractivity contribution in [3.05, 3.63) is 59.7 Å². The van der Waals surface area contributed by atoms with E-state index >= 15 is 0 Å². The van der Waals surface area contributed by atoms with E-state index in [1.165, 1.54) is 22.3 Å². The van der Waals surface area contributed by atoms with Crippen molar-refractivity contribution in [2.24, 2.45) is 22.5 Å². The Hall–Kier alpha value is -2.29. The highest BCUT2D eigenvalue weighted by Crippen LogP contribution is 2.53. The number of nitrogens with two attached hydrogens (primary N) is 1. The maximum Gasteiger partial charge on any atom is 0.322 e. The molecule has 0 heterocycles. The van der Waals surface area contributed by atoms with Gasteiger partial charge in [0.25, 0.3) is 0 Å². The molecule has 2 aromatic carbocycles. The second kappa shape index (κ2) is 12.0. The van der Waals surface area contributed by atoms with Gasteiger partial charge in [0.1, 0.15) is 12.6 Å². The summed E-state index contributed by atoms with van der Waals surface area (Å²) in [7, 11) is 0. The predicted octanol–water partition coefficient (Wildman–Crippen LogP) is 3.21. The third kappa shape index (κ3) is 6.07. The maximum absolute atomic E-state index is 12.3. The molecule has 2 aromatic rings. The van der Waals surface area contributed by atoms with Gasteiger partial charge in [-0.15, -0.1) is 0 Å². The van der Waals surface area contributed by atoms with Crippen molar-refractivity contribution < 1.29 is 30.0 Å². The van der Waals surface area contributed by atoms with Gasteiger partial charge < -0.3 is 30.9 Å². The average molecular weight is 514 g/mol. The number of hydrogen-bond donors (Lipinski definition) is 5. The Morgan fingerprint density at radius 2 is 1.32 bits per heavy atom. The van der Waals surface area contributed by atoms with Crippen LogP contribution >= 0.6 is 0 Å². The largest absolute Gasteiger partial charge is 0.464 e. The van der Waals surface area contributed by atoms with Crippen LogP contribution in [-0.4, -0.2) is 64.5 Å². The summed E-state index contributed by atoms with van der Waals surface area (Å²) in [6.07, 6.45) is 1.02. The van der Waals surface area contributed by atoms with Gasteiger partial charge in [-0.3, -0.25) is 4.79 Å². The van der Waals surface area contributed by atoms with Crippen LogP contribution in [0.5, 0.6) is 0 Å². The van der Waals surface area contributed by atoms with Crippen LogP contribution in [0.3, 0.4) is 0 Å². The van der Waals surface area contributed by atoms with Crippen LogP contribution in [0.1, 0.15) is 64.0 Å². The van der Waals surface area contributed by atoms with Gasteiger partial charge in [0.15, 0.2) is 0 Å². The number of hydrogen-bond acceptors (Lipinski definition) is 7. The van der Waals surface area contributed by atoms with E-state index in [1.54, 1.807) is 0 Å². The standard InChI is InChI=1S/C22H27NO4.C8H16O2/c23-21(11-5-6-15(12-24)13-25)22(26)27-14-20-18-9-3-1-7-16(18)17-8-2-4-10-19(17)20;1-7(2)5(9)8(3,4)6(7)10/h1-4,7-10,15,20-21,24-25H,5-6,11-14,23H2;5-6,9-10H,1-4H3. The molecule has 204 valence electrons. The molecule has 0 bridgehead atoms. The van der Waals surface area contributed by atoms with Crippen LogP contribution in [0.15, 0.2) is 48.5 Å². The van der Waals surface area contributed by atoms with Gasteiger partial charge in [-0.25, -0.2) is 0 Å². The van der Waals surface area contributed by atoms with Crippen LogP contribution in [-0.2, 0) is 9.53 Å². The Balaban J connectivity index is 0.000000319. The summed E-state index contributed by atoms with van der Waals surface area (Å²) in [6, 6.07) is 15.7. The van der Waals surface area contributed by atoms with E-state index in [4.69, 9.17) is 20.7 Å². The lowest BCUT2D eigenvalue weighted by Gasteiger charge is -2.59. The molecular formula is C30H43NO6. The Morgan fingerprint density at radius 3 is 1.76 bits per heavy atom. The fraction of sp³-hybridized carbons (Fsp3) is 0.567. The van der Waals surface area contributed by atoms with E-state index < -0.39 is 12.0 Å². The summed E-state index contributed by atoms with van der Waals surface area (Å²) in [4.78, 5) is 12.3. The summed E-state index contributed by atoms with van der Waals surface area (Å²) in [5.74, 6) is -0.525. The topological polar surface area (TPSA) is 133 Å². The lowest BCUT2D eigenvalue weighted by atomic mass is 9.51. The SMILES string of the molecule is CC1(C)C(O)C(C)(C)C1O.NC(CCCC(CO)CO)C(=O)OCC1c2ccccc2-c2ccccc21. The molecule has 1 unspecified atom stereocenters. The van der Waals surface area contributed by atoms with Gasteiger partial charge in [0, 0.05) is 35.9 Å². The van der Waals surface area contributed by atoms with Gasteiger partial charge >= 0.3 is 5.97 Å². The van der Waals surface area contributed by atoms with E-state index in [0.717, 1.165) is 0 Å². The number of benzene rings is 2. The molecule has 1 saturated carbocycles. The van der Waals surface area contributed by atoms with E-state index in [0.29, 0.717) is 19.3 Å². The van der Waals surface area contributed by atoms with Crippen LogP contribution < -0.4 is 5.73 Å². The molecule has 2 aliphatic carbocycles. The highest BCUT2D eigenvalue weighted by molar-refractivity contribution is 5.79. The Morgan fingerprint density at radius 1 is 0.865 bits per heavy atom. The van der Waals surface area contributed by atoms with E-state index in [9.17, 15) is 15.0 Å². The first kappa shape index (κ1) is 29.3. The maximum atomic E-state index is 12.3. The smallest absolute Gasteiger partial charge is 0.322 e. The quantitative estimate of drug-likeness (QED) is 0.325. The molecule has 7 heteroatoms. The van der Waals surface area contributed by atoms with Crippen LogP contribution in [0.2, 0.25) is 0 Å². The van der Waals surface area contributed by atoms with Crippen molar-refractivity contribution in [2.75, 3.05) is 19.8 Å². The molecule has 0 amide bonds. The zero-order valence-electron chi connectivity index (χ0n) is 22.4. The average Bonchev–Trinajstić information content (AvgIpc) is 3.22. The number of carbonyl (C=O) groups excluding carboxylic acids is 1. The minimum absolute atomic E-state index is 0.0294. The Kier molecular flexibility index (Phi) is 9.53. The predicted molar refractivity (Wildman–Crippen MR) is 144 cm³/mol. The molecule has 1 fully saturated rings. The normalized spacial score (nSPS) is 21.8. The molecule has 0 saturated heterocycles. The van der Waals surface area contributed by atoms with Gasteiger partial charge in [-0.2, -0.15) is 0 Å². The lowest BCUT2D eigenvalue weighted by Crippen LogP contribution is -2.67. The van der Waals surface area contributed by atoms with Gasteiger partial charge in [0.05, 0.1) is 12.2 Å². The third-order valence-corrected chi connectivity index (χ3v) is 8.12. The molecule has 0 aromatic heterocycles. The van der Waals surface area contributed by atoms with Crippen LogP contribution in [0.4, 0.5) is 0 Å². The molecule has 2 aliphatic rings. The van der Waals surface area contributed by atoms with E-state index in [1.807, 2.05) is 52.0 Å². The van der Waals surface area contributed by atoms with Crippen molar-refractivity contribution >= 4 is 5.97 Å². The number of esters is 1. The molecule has 0 aliphatic heterocycles. The van der Waals surface area contributed by atoms with Crippen molar-refractivity contribution in [1.82, 2.24) is 0 Å². The number of carbonyl (C=O) groups is 1. The molecule has 1 atom stereocenters. The Labute approximate surface area is 220 Å². The zero-order valence-corrected chi connectivity index (χ0v) is 22.4. The number of rotatable bonds is 9. The summed E-state index contributed by atoms with van der Waals surface area (Å²) in [5.41, 5.74) is 10.1. The number of fused-ring (bicyclic) bond motifs is 3. The van der Waals surface area contributed by atoms with Crippen LogP contribution in [0.25, 0.3) is 11.1 Å². The number of aliphatic hydroxyl groups excluding tert-OH is 4. The minimum Gasteiger partial charge on any atom is -0.464 e. The molecule has 7 nitrogen and oxygen atoms in total. The second-order valence-electron chi connectivity index (χ2n) is 11.6.